The number of amides is 1. The van der Waals surface area contributed by atoms with Crippen LogP contribution in [0.3, 0.4) is 0 Å². The fourth-order valence-electron chi connectivity index (χ4n) is 1.97. The second-order valence-electron chi connectivity index (χ2n) is 4.60. The van der Waals surface area contributed by atoms with Gasteiger partial charge in [-0.1, -0.05) is 12.2 Å². The highest BCUT2D eigenvalue weighted by molar-refractivity contribution is 5.77. The molecule has 0 fully saturated rings. The average Bonchev–Trinajstić information content (AvgIpc) is 2.37. The van der Waals surface area contributed by atoms with Crippen molar-refractivity contribution in [2.75, 3.05) is 33.0 Å². The maximum atomic E-state index is 11.5. The van der Waals surface area contributed by atoms with E-state index in [9.17, 15) is 4.79 Å². The molecule has 2 N–H and O–H groups in total. The minimum Gasteiger partial charge on any atom is -0.394 e. The van der Waals surface area contributed by atoms with E-state index in [1.807, 2.05) is 0 Å². The maximum Gasteiger partial charge on any atom is 0.246 e. The Kier molecular flexibility index (Phi) is 9.32. The van der Waals surface area contributed by atoms with Crippen molar-refractivity contribution in [1.82, 2.24) is 5.32 Å². The van der Waals surface area contributed by atoms with Crippen molar-refractivity contribution in [3.8, 4) is 0 Å². The predicted octanol–water partition coefficient (Wildman–Crippen LogP) is 1.02. The molecule has 1 unspecified atom stereocenters. The highest BCUT2D eigenvalue weighted by Crippen LogP contribution is 2.15. The molecule has 5 heteroatoms. The topological polar surface area (TPSA) is 67.8 Å². The highest BCUT2D eigenvalue weighted by atomic mass is 16.5. The Morgan fingerprint density at radius 2 is 2.11 bits per heavy atom. The van der Waals surface area contributed by atoms with Gasteiger partial charge in [0.05, 0.1) is 25.9 Å². The van der Waals surface area contributed by atoms with Crippen LogP contribution in [0.25, 0.3) is 0 Å². The van der Waals surface area contributed by atoms with Gasteiger partial charge in [-0.05, 0) is 32.1 Å². The minimum absolute atomic E-state index is 0.00713. The van der Waals surface area contributed by atoms with E-state index in [-0.39, 0.29) is 25.2 Å². The quantitative estimate of drug-likeness (QED) is 0.511. The van der Waals surface area contributed by atoms with Gasteiger partial charge in [0.25, 0.3) is 0 Å². The van der Waals surface area contributed by atoms with Crippen molar-refractivity contribution in [1.29, 1.82) is 0 Å². The van der Waals surface area contributed by atoms with Gasteiger partial charge in [-0.3, -0.25) is 4.79 Å². The predicted molar refractivity (Wildman–Crippen MR) is 72.9 cm³/mol. The van der Waals surface area contributed by atoms with Gasteiger partial charge >= 0.3 is 0 Å². The average molecular weight is 271 g/mol. The fourth-order valence-corrected chi connectivity index (χ4v) is 1.97. The third kappa shape index (κ3) is 8.75. The van der Waals surface area contributed by atoms with Gasteiger partial charge < -0.3 is 19.9 Å². The summed E-state index contributed by atoms with van der Waals surface area (Å²) in [4.78, 5) is 11.5. The van der Waals surface area contributed by atoms with Gasteiger partial charge in [0, 0.05) is 6.54 Å². The number of hydrogen-bond acceptors (Lipinski definition) is 4. The van der Waals surface area contributed by atoms with E-state index in [2.05, 4.69) is 17.5 Å². The van der Waals surface area contributed by atoms with Gasteiger partial charge in [-0.25, -0.2) is 0 Å². The van der Waals surface area contributed by atoms with Gasteiger partial charge in [0.15, 0.2) is 0 Å². The van der Waals surface area contributed by atoms with Crippen LogP contribution in [0.4, 0.5) is 0 Å². The largest absolute Gasteiger partial charge is 0.394 e. The molecular formula is C14H25NO4. The molecule has 110 valence electrons. The molecule has 1 aliphatic carbocycles. The summed E-state index contributed by atoms with van der Waals surface area (Å²) in [5.41, 5.74) is 0. The smallest absolute Gasteiger partial charge is 0.246 e. The molecule has 1 rings (SSSR count). The number of allylic oxidation sites excluding steroid dienone is 2. The molecule has 19 heavy (non-hydrogen) atoms. The first kappa shape index (κ1) is 16.1. The van der Waals surface area contributed by atoms with Gasteiger partial charge in [-0.2, -0.15) is 0 Å². The molecule has 0 saturated carbocycles. The molecule has 0 aromatic rings. The lowest BCUT2D eigenvalue weighted by Crippen LogP contribution is -2.32. The second kappa shape index (κ2) is 11.0. The van der Waals surface area contributed by atoms with E-state index in [4.69, 9.17) is 14.6 Å². The van der Waals surface area contributed by atoms with Crippen LogP contribution in [0.2, 0.25) is 0 Å². The van der Waals surface area contributed by atoms with Crippen LogP contribution in [0.5, 0.6) is 0 Å². The molecule has 0 aliphatic heterocycles. The van der Waals surface area contributed by atoms with Gasteiger partial charge in [0.1, 0.15) is 6.61 Å². The first-order valence-corrected chi connectivity index (χ1v) is 7.05. The Labute approximate surface area is 115 Å². The Bertz CT molecular complexity index is 268. The molecule has 1 aliphatic rings. The molecule has 0 aromatic heterocycles. The zero-order valence-corrected chi connectivity index (χ0v) is 11.5. The van der Waals surface area contributed by atoms with Crippen LogP contribution < -0.4 is 5.32 Å². The van der Waals surface area contributed by atoms with E-state index >= 15 is 0 Å². The Hall–Kier alpha value is -0.910. The van der Waals surface area contributed by atoms with Crippen LogP contribution in [0.1, 0.15) is 32.1 Å². The Balaban J connectivity index is 2.03. The summed E-state index contributed by atoms with van der Waals surface area (Å²) >= 11 is 0. The van der Waals surface area contributed by atoms with Crippen LogP contribution in [-0.4, -0.2) is 50.1 Å². The number of hydrogen-bond donors (Lipinski definition) is 2. The Morgan fingerprint density at radius 3 is 2.95 bits per heavy atom. The maximum absolute atomic E-state index is 11.5. The number of carbonyl (C=O) groups excluding carboxylic acids is 1. The first-order chi connectivity index (χ1) is 9.33. The molecule has 0 saturated heterocycles. The second-order valence-corrected chi connectivity index (χ2v) is 4.60. The number of aliphatic hydroxyl groups is 1. The van der Waals surface area contributed by atoms with Crippen LogP contribution in [-0.2, 0) is 14.3 Å². The number of aliphatic hydroxyl groups excluding tert-OH is 1. The van der Waals surface area contributed by atoms with E-state index in [0.29, 0.717) is 19.8 Å². The zero-order valence-electron chi connectivity index (χ0n) is 11.5. The summed E-state index contributed by atoms with van der Waals surface area (Å²) < 4.78 is 10.7. The normalized spacial score (nSPS) is 21.4. The first-order valence-electron chi connectivity index (χ1n) is 7.05. The van der Waals surface area contributed by atoms with Crippen LogP contribution in [0.15, 0.2) is 12.2 Å². The summed E-state index contributed by atoms with van der Waals surface area (Å²) in [5, 5.41) is 11.2. The molecule has 1 amide bonds. The molecule has 1 atom stereocenters. The third-order valence-electron chi connectivity index (χ3n) is 2.97. The van der Waals surface area contributed by atoms with Crippen molar-refractivity contribution < 1.29 is 19.4 Å². The van der Waals surface area contributed by atoms with Crippen LogP contribution >= 0.6 is 0 Å². The summed E-state index contributed by atoms with van der Waals surface area (Å²) in [7, 11) is 0. The number of carbonyl (C=O) groups is 1. The van der Waals surface area contributed by atoms with Gasteiger partial charge in [0.2, 0.25) is 5.91 Å². The summed E-state index contributed by atoms with van der Waals surface area (Å²) in [6, 6.07) is 0. The molecule has 0 heterocycles. The third-order valence-corrected chi connectivity index (χ3v) is 2.97. The van der Waals surface area contributed by atoms with Crippen molar-refractivity contribution in [3.63, 3.8) is 0 Å². The molecular weight excluding hydrogens is 246 g/mol. The number of ether oxygens (including phenoxy) is 2. The van der Waals surface area contributed by atoms with Crippen molar-refractivity contribution in [2.45, 2.75) is 38.2 Å². The lowest BCUT2D eigenvalue weighted by Gasteiger charge is -2.18. The molecule has 0 spiro atoms. The monoisotopic (exact) mass is 271 g/mol. The molecule has 5 nitrogen and oxygen atoms in total. The number of rotatable bonds is 8. The van der Waals surface area contributed by atoms with Crippen molar-refractivity contribution >= 4 is 5.91 Å². The van der Waals surface area contributed by atoms with Crippen molar-refractivity contribution in [3.05, 3.63) is 12.2 Å². The highest BCUT2D eigenvalue weighted by Gasteiger charge is 2.11. The number of nitrogens with one attached hydrogen (secondary N) is 1. The van der Waals surface area contributed by atoms with Gasteiger partial charge in [-0.15, -0.1) is 0 Å². The fraction of sp³-hybridized carbons (Fsp3) is 0.786. The van der Waals surface area contributed by atoms with E-state index in [1.165, 1.54) is 0 Å². The Morgan fingerprint density at radius 1 is 1.26 bits per heavy atom. The van der Waals surface area contributed by atoms with E-state index < -0.39 is 0 Å². The van der Waals surface area contributed by atoms with Crippen LogP contribution in [0, 0.1) is 0 Å². The van der Waals surface area contributed by atoms with E-state index in [0.717, 1.165) is 32.1 Å². The SMILES string of the molecule is O=C(COC1CC/C=C/CCC1)NCCOCCO. The van der Waals surface area contributed by atoms with E-state index in [1.54, 1.807) is 0 Å². The summed E-state index contributed by atoms with van der Waals surface area (Å²) in [5.74, 6) is -0.106. The zero-order chi connectivity index (χ0) is 13.8. The lowest BCUT2D eigenvalue weighted by atomic mass is 10.0. The minimum atomic E-state index is -0.106. The molecule has 0 radical (unpaired) electrons. The molecule has 0 aromatic carbocycles. The molecule has 0 bridgehead atoms. The van der Waals surface area contributed by atoms with Crippen molar-refractivity contribution in [2.24, 2.45) is 0 Å². The lowest BCUT2D eigenvalue weighted by molar-refractivity contribution is -0.128. The summed E-state index contributed by atoms with van der Waals surface area (Å²) in [6.07, 6.45) is 9.87. The standard InChI is InChI=1S/C14H25NO4/c16-9-11-18-10-8-15-14(17)12-19-13-6-4-2-1-3-5-7-13/h1-2,13,16H,3-12H2,(H,15,17)/b2-1+. The summed E-state index contributed by atoms with van der Waals surface area (Å²) in [6.45, 7) is 1.31.